The van der Waals surface area contributed by atoms with E-state index in [1.165, 1.54) is 25.2 Å². The van der Waals surface area contributed by atoms with Crippen LogP contribution >= 0.6 is 0 Å². The lowest BCUT2D eigenvalue weighted by molar-refractivity contribution is -0.159. The Kier molecular flexibility index (Phi) is 6.55. The molecule has 0 radical (unpaired) electrons. The molecule has 0 aliphatic heterocycles. The molecule has 0 aliphatic carbocycles. The van der Waals surface area contributed by atoms with Crippen molar-refractivity contribution in [1.29, 1.82) is 0 Å². The van der Waals surface area contributed by atoms with Gasteiger partial charge in [0.15, 0.2) is 6.61 Å². The van der Waals surface area contributed by atoms with E-state index in [1.807, 2.05) is 0 Å². The maximum Gasteiger partial charge on any atom is 0.423 e. The number of carbonyl (C=O) groups excluding carboxylic acids is 1. The van der Waals surface area contributed by atoms with Gasteiger partial charge in [0.25, 0.3) is 0 Å². The minimum atomic E-state index is -5.03. The molecular weight excluding hydrogens is 408 g/mol. The van der Waals surface area contributed by atoms with E-state index in [4.69, 9.17) is 4.74 Å². The number of anilines is 2. The highest BCUT2D eigenvalue weighted by Crippen LogP contribution is 2.37. The summed E-state index contributed by atoms with van der Waals surface area (Å²) in [5, 5.41) is 0. The van der Waals surface area contributed by atoms with Gasteiger partial charge in [0.1, 0.15) is 5.56 Å². The average Bonchev–Trinajstić information content (AvgIpc) is 2.64. The molecule has 0 fully saturated rings. The summed E-state index contributed by atoms with van der Waals surface area (Å²) in [5.41, 5.74) is -1.32. The third-order valence-electron chi connectivity index (χ3n) is 3.48. The Hall–Kier alpha value is -3.05. The fourth-order valence-corrected chi connectivity index (χ4v) is 2.23. The molecule has 29 heavy (non-hydrogen) atoms. The molecule has 0 aliphatic rings. The summed E-state index contributed by atoms with van der Waals surface area (Å²) in [6.45, 7) is -0.285. The molecule has 0 amide bonds. The second kappa shape index (κ2) is 8.53. The minimum absolute atomic E-state index is 0.0677. The largest absolute Gasteiger partial charge is 0.467 e. The summed E-state index contributed by atoms with van der Waals surface area (Å²) in [7, 11) is 1.33. The third kappa shape index (κ3) is 5.72. The van der Waals surface area contributed by atoms with E-state index in [1.54, 1.807) is 13.0 Å². The van der Waals surface area contributed by atoms with Gasteiger partial charge in [0, 0.05) is 13.2 Å². The molecule has 1 aromatic heterocycles. The lowest BCUT2D eigenvalue weighted by Gasteiger charge is -2.21. The van der Waals surface area contributed by atoms with Crippen molar-refractivity contribution >= 4 is 17.6 Å². The summed E-state index contributed by atoms with van der Waals surface area (Å²) < 4.78 is 85.5. The van der Waals surface area contributed by atoms with Gasteiger partial charge in [-0.2, -0.15) is 31.3 Å². The highest BCUT2D eigenvalue weighted by Gasteiger charge is 2.38. The standard InChI is InChI=1S/C17H15F6N3O3/c1-3-28-14(27)10-6-4-5-7-12(10)26(2)15-24-8-11(17(21,22)23)13(25-15)29-9-16(18,19)20/h4-8H,3,9H2,1-2H3. The second-order valence-electron chi connectivity index (χ2n) is 5.59. The van der Waals surface area contributed by atoms with Crippen LogP contribution in [0.4, 0.5) is 38.0 Å². The van der Waals surface area contributed by atoms with E-state index in [-0.39, 0.29) is 17.9 Å². The van der Waals surface area contributed by atoms with Gasteiger partial charge in [-0.25, -0.2) is 9.78 Å². The fraction of sp³-hybridized carbons (Fsp3) is 0.353. The van der Waals surface area contributed by atoms with Gasteiger partial charge in [0.2, 0.25) is 11.8 Å². The quantitative estimate of drug-likeness (QED) is 0.508. The number of carbonyl (C=O) groups is 1. The van der Waals surface area contributed by atoms with E-state index >= 15 is 0 Å². The molecule has 0 saturated carbocycles. The van der Waals surface area contributed by atoms with E-state index in [9.17, 15) is 31.1 Å². The van der Waals surface area contributed by atoms with Crippen molar-refractivity contribution in [2.24, 2.45) is 0 Å². The Bertz CT molecular complexity index is 870. The predicted octanol–water partition coefficient (Wildman–Crippen LogP) is 4.38. The summed E-state index contributed by atoms with van der Waals surface area (Å²) in [6.07, 6.45) is -9.57. The van der Waals surface area contributed by atoms with Gasteiger partial charge < -0.3 is 14.4 Å². The number of para-hydroxylation sites is 1. The molecule has 0 saturated heterocycles. The zero-order valence-corrected chi connectivity index (χ0v) is 15.1. The van der Waals surface area contributed by atoms with Crippen molar-refractivity contribution in [3.8, 4) is 5.88 Å². The number of esters is 1. The predicted molar refractivity (Wildman–Crippen MR) is 89.0 cm³/mol. The van der Waals surface area contributed by atoms with Gasteiger partial charge in [-0.15, -0.1) is 0 Å². The molecule has 6 nitrogen and oxygen atoms in total. The van der Waals surface area contributed by atoms with E-state index < -0.39 is 42.3 Å². The van der Waals surface area contributed by atoms with Gasteiger partial charge in [-0.3, -0.25) is 0 Å². The van der Waals surface area contributed by atoms with Crippen LogP contribution in [-0.4, -0.2) is 42.4 Å². The number of halogens is 6. The molecule has 2 aromatic rings. The smallest absolute Gasteiger partial charge is 0.423 e. The van der Waals surface area contributed by atoms with Gasteiger partial charge in [-0.1, -0.05) is 12.1 Å². The van der Waals surface area contributed by atoms with E-state index in [0.29, 0.717) is 6.20 Å². The van der Waals surface area contributed by atoms with Crippen molar-refractivity contribution in [1.82, 2.24) is 9.97 Å². The number of nitrogens with zero attached hydrogens (tertiary/aromatic N) is 3. The lowest BCUT2D eigenvalue weighted by Crippen LogP contribution is -2.23. The number of hydrogen-bond donors (Lipinski definition) is 0. The third-order valence-corrected chi connectivity index (χ3v) is 3.48. The Balaban J connectivity index is 2.46. The van der Waals surface area contributed by atoms with Crippen molar-refractivity contribution < 1.29 is 40.6 Å². The molecule has 2 rings (SSSR count). The van der Waals surface area contributed by atoms with E-state index in [2.05, 4.69) is 14.7 Å². The highest BCUT2D eigenvalue weighted by atomic mass is 19.4. The number of rotatable bonds is 6. The maximum absolute atomic E-state index is 13.1. The van der Waals surface area contributed by atoms with E-state index in [0.717, 1.165) is 4.90 Å². The number of benzene rings is 1. The van der Waals surface area contributed by atoms with Crippen LogP contribution in [0.25, 0.3) is 0 Å². The van der Waals surface area contributed by atoms with Crippen LogP contribution in [-0.2, 0) is 10.9 Å². The number of aromatic nitrogens is 2. The molecule has 0 spiro atoms. The molecule has 158 valence electrons. The Morgan fingerprint density at radius 3 is 2.38 bits per heavy atom. The van der Waals surface area contributed by atoms with Crippen LogP contribution in [0.15, 0.2) is 30.5 Å². The number of hydrogen-bond acceptors (Lipinski definition) is 6. The van der Waals surface area contributed by atoms with Crippen LogP contribution in [0.3, 0.4) is 0 Å². The highest BCUT2D eigenvalue weighted by molar-refractivity contribution is 5.96. The van der Waals surface area contributed by atoms with Crippen LogP contribution < -0.4 is 9.64 Å². The van der Waals surface area contributed by atoms with Gasteiger partial charge in [-0.05, 0) is 19.1 Å². The summed E-state index contributed by atoms with van der Waals surface area (Å²) in [5.74, 6) is -2.39. The Labute approximate surface area is 161 Å². The summed E-state index contributed by atoms with van der Waals surface area (Å²) >= 11 is 0. The second-order valence-corrected chi connectivity index (χ2v) is 5.59. The lowest BCUT2D eigenvalue weighted by atomic mass is 10.1. The monoisotopic (exact) mass is 423 g/mol. The van der Waals surface area contributed by atoms with Crippen molar-refractivity contribution in [3.05, 3.63) is 41.6 Å². The van der Waals surface area contributed by atoms with Crippen LogP contribution in [0.1, 0.15) is 22.8 Å². The molecule has 0 N–H and O–H groups in total. The molecular formula is C17H15F6N3O3. The normalized spacial score (nSPS) is 11.9. The topological polar surface area (TPSA) is 64.5 Å². The number of ether oxygens (including phenoxy) is 2. The molecule has 0 atom stereocenters. The first-order valence-electron chi connectivity index (χ1n) is 8.07. The molecule has 0 bridgehead atoms. The van der Waals surface area contributed by atoms with Crippen LogP contribution in [0, 0.1) is 0 Å². The zero-order valence-electron chi connectivity index (χ0n) is 15.1. The Morgan fingerprint density at radius 1 is 1.14 bits per heavy atom. The SMILES string of the molecule is CCOC(=O)c1ccccc1N(C)c1ncc(C(F)(F)F)c(OCC(F)(F)F)n1. The molecule has 0 unspecified atom stereocenters. The summed E-state index contributed by atoms with van der Waals surface area (Å²) in [6, 6.07) is 5.94. The zero-order chi connectivity index (χ0) is 21.8. The first kappa shape index (κ1) is 22.2. The average molecular weight is 423 g/mol. The first-order chi connectivity index (χ1) is 13.4. The van der Waals surface area contributed by atoms with Crippen molar-refractivity contribution in [2.75, 3.05) is 25.2 Å². The van der Waals surface area contributed by atoms with Gasteiger partial charge >= 0.3 is 18.3 Å². The summed E-state index contributed by atoms with van der Waals surface area (Å²) in [4.78, 5) is 20.3. The maximum atomic E-state index is 13.1. The number of alkyl halides is 6. The Morgan fingerprint density at radius 2 is 1.79 bits per heavy atom. The van der Waals surface area contributed by atoms with Crippen molar-refractivity contribution in [3.63, 3.8) is 0 Å². The first-order valence-corrected chi connectivity index (χ1v) is 8.07. The van der Waals surface area contributed by atoms with Crippen LogP contribution in [0.5, 0.6) is 5.88 Å². The van der Waals surface area contributed by atoms with Crippen molar-refractivity contribution in [2.45, 2.75) is 19.3 Å². The van der Waals surface area contributed by atoms with Gasteiger partial charge in [0.05, 0.1) is 17.9 Å². The van der Waals surface area contributed by atoms with Crippen LogP contribution in [0.2, 0.25) is 0 Å². The molecule has 12 heteroatoms. The molecule has 1 aromatic carbocycles. The fourth-order valence-electron chi connectivity index (χ4n) is 2.23. The molecule has 1 heterocycles. The minimum Gasteiger partial charge on any atom is -0.467 e.